The van der Waals surface area contributed by atoms with Crippen molar-refractivity contribution in [2.24, 2.45) is 5.41 Å². The number of pyridine rings is 2. The van der Waals surface area contributed by atoms with Crippen LogP contribution >= 0.6 is 23.4 Å². The summed E-state index contributed by atoms with van der Waals surface area (Å²) < 4.78 is 21.0. The summed E-state index contributed by atoms with van der Waals surface area (Å²) in [5.41, 5.74) is 1.97. The van der Waals surface area contributed by atoms with E-state index in [0.717, 1.165) is 17.2 Å². The first-order valence-corrected chi connectivity index (χ1v) is 13.3. The first-order valence-electron chi connectivity index (χ1n) is 11.9. The van der Waals surface area contributed by atoms with Gasteiger partial charge >= 0.3 is 0 Å². The molecule has 1 unspecified atom stereocenters. The summed E-state index contributed by atoms with van der Waals surface area (Å²) in [6.07, 6.45) is 5.14. The number of hydrogen-bond acceptors (Lipinski definition) is 7. The van der Waals surface area contributed by atoms with Crippen LogP contribution < -0.4 is 10.2 Å². The van der Waals surface area contributed by atoms with E-state index in [4.69, 9.17) is 16.3 Å². The molecular weight excluding hydrogens is 503 g/mol. The van der Waals surface area contributed by atoms with Gasteiger partial charge in [0.15, 0.2) is 0 Å². The van der Waals surface area contributed by atoms with E-state index in [1.807, 2.05) is 23.8 Å². The highest BCUT2D eigenvalue weighted by Crippen LogP contribution is 2.42. The smallest absolute Gasteiger partial charge is 0.249 e. The second kappa shape index (κ2) is 12.2. The number of piperidine rings is 1. The number of alkyl halides is 1. The molecular formula is C26H30ClFN4O3S. The van der Waals surface area contributed by atoms with Gasteiger partial charge in [0.05, 0.1) is 23.1 Å². The zero-order valence-corrected chi connectivity index (χ0v) is 21.7. The third-order valence-electron chi connectivity index (χ3n) is 6.96. The van der Waals surface area contributed by atoms with Gasteiger partial charge in [0, 0.05) is 46.7 Å². The second-order valence-electron chi connectivity index (χ2n) is 9.01. The van der Waals surface area contributed by atoms with Crippen molar-refractivity contribution in [2.45, 2.75) is 36.8 Å². The van der Waals surface area contributed by atoms with Crippen LogP contribution in [0.5, 0.6) is 5.75 Å². The second-order valence-corrected chi connectivity index (χ2v) is 10.6. The SMILES string of the molecule is COc1ccc2ncc(Cl)c(C(F)CCC3(C(=O)NO)CCN(CCSc4cccnc4)CC3)c2c1. The molecule has 0 bridgehead atoms. The number of likely N-dealkylation sites (tertiary alicyclic amines) is 1. The van der Waals surface area contributed by atoms with Gasteiger partial charge < -0.3 is 9.64 Å². The molecule has 36 heavy (non-hydrogen) atoms. The molecule has 1 aliphatic heterocycles. The number of hydrogen-bond donors (Lipinski definition) is 2. The van der Waals surface area contributed by atoms with Crippen molar-refractivity contribution in [1.82, 2.24) is 20.3 Å². The number of methoxy groups -OCH3 is 1. The summed E-state index contributed by atoms with van der Waals surface area (Å²) in [5, 5.41) is 10.3. The maximum Gasteiger partial charge on any atom is 0.249 e. The quantitative estimate of drug-likeness (QED) is 0.203. The highest BCUT2D eigenvalue weighted by Gasteiger charge is 2.41. The molecule has 192 valence electrons. The van der Waals surface area contributed by atoms with Crippen LogP contribution in [0.25, 0.3) is 10.9 Å². The van der Waals surface area contributed by atoms with E-state index < -0.39 is 17.5 Å². The van der Waals surface area contributed by atoms with Gasteiger partial charge in [0.2, 0.25) is 5.91 Å². The third kappa shape index (κ3) is 6.08. The first-order chi connectivity index (χ1) is 17.5. The van der Waals surface area contributed by atoms with Crippen molar-refractivity contribution in [3.8, 4) is 5.75 Å². The van der Waals surface area contributed by atoms with Gasteiger partial charge in [-0.15, -0.1) is 11.8 Å². The summed E-state index contributed by atoms with van der Waals surface area (Å²) in [4.78, 5) is 24.6. The number of amides is 1. The summed E-state index contributed by atoms with van der Waals surface area (Å²) in [7, 11) is 1.55. The Labute approximate surface area is 219 Å². The van der Waals surface area contributed by atoms with Gasteiger partial charge in [-0.3, -0.25) is 20.0 Å². The summed E-state index contributed by atoms with van der Waals surface area (Å²) in [6.45, 7) is 2.28. The van der Waals surface area contributed by atoms with Crippen molar-refractivity contribution in [3.63, 3.8) is 0 Å². The van der Waals surface area contributed by atoms with E-state index in [0.29, 0.717) is 54.6 Å². The highest BCUT2D eigenvalue weighted by molar-refractivity contribution is 7.99. The molecule has 2 aromatic heterocycles. The largest absolute Gasteiger partial charge is 0.497 e. The average Bonchev–Trinajstić information content (AvgIpc) is 2.92. The zero-order valence-electron chi connectivity index (χ0n) is 20.1. The number of aromatic nitrogens is 2. The number of fused-ring (bicyclic) bond motifs is 1. The number of thioether (sulfide) groups is 1. The lowest BCUT2D eigenvalue weighted by atomic mass is 9.73. The maximum atomic E-state index is 15.7. The normalized spacial score (nSPS) is 16.6. The van der Waals surface area contributed by atoms with Gasteiger partial charge in [-0.1, -0.05) is 11.6 Å². The number of carbonyl (C=O) groups excluding carboxylic acids is 1. The van der Waals surface area contributed by atoms with Crippen LogP contribution in [-0.2, 0) is 4.79 Å². The fourth-order valence-corrected chi connectivity index (χ4v) is 5.96. The lowest BCUT2D eigenvalue weighted by Gasteiger charge is -2.40. The van der Waals surface area contributed by atoms with Crippen LogP contribution in [0.4, 0.5) is 4.39 Å². The minimum atomic E-state index is -1.40. The van der Waals surface area contributed by atoms with E-state index >= 15 is 4.39 Å². The Balaban J connectivity index is 1.40. The van der Waals surface area contributed by atoms with Gasteiger partial charge in [-0.25, -0.2) is 9.87 Å². The van der Waals surface area contributed by atoms with Gasteiger partial charge in [0.25, 0.3) is 0 Å². The Morgan fingerprint density at radius 3 is 2.83 bits per heavy atom. The van der Waals surface area contributed by atoms with Gasteiger partial charge in [-0.05, 0) is 69.1 Å². The summed E-state index contributed by atoms with van der Waals surface area (Å²) >= 11 is 8.12. The van der Waals surface area contributed by atoms with Gasteiger partial charge in [0.1, 0.15) is 11.9 Å². The molecule has 1 atom stereocenters. The van der Waals surface area contributed by atoms with Crippen molar-refractivity contribution in [2.75, 3.05) is 32.5 Å². The molecule has 3 heterocycles. The first kappa shape index (κ1) is 26.6. The number of carbonyl (C=O) groups is 1. The molecule has 0 aliphatic carbocycles. The van der Waals surface area contributed by atoms with E-state index in [2.05, 4.69) is 14.9 Å². The monoisotopic (exact) mass is 532 g/mol. The Kier molecular flexibility index (Phi) is 9.00. The average molecular weight is 533 g/mol. The van der Waals surface area contributed by atoms with Crippen LogP contribution in [0, 0.1) is 5.41 Å². The molecule has 10 heteroatoms. The molecule has 3 aromatic rings. The van der Waals surface area contributed by atoms with Crippen LogP contribution in [0.15, 0.2) is 53.8 Å². The van der Waals surface area contributed by atoms with Crippen molar-refractivity contribution >= 4 is 40.2 Å². The number of nitrogens with one attached hydrogen (secondary N) is 1. The standard InChI is InChI=1S/C26H30ClFN4O3S/c1-35-18-4-5-23-20(15-18)24(21(27)17-30-23)22(28)6-7-26(25(33)31-34)8-11-32(12-9-26)13-14-36-19-3-2-10-29-16-19/h2-5,10,15-17,22,34H,6-9,11-14H2,1H3,(H,31,33). The molecule has 1 saturated heterocycles. The van der Waals surface area contributed by atoms with Crippen molar-refractivity contribution < 1.29 is 19.1 Å². The minimum Gasteiger partial charge on any atom is -0.497 e. The number of ether oxygens (including phenoxy) is 1. The predicted molar refractivity (Wildman–Crippen MR) is 139 cm³/mol. The predicted octanol–water partition coefficient (Wildman–Crippen LogP) is 5.46. The number of benzene rings is 1. The molecule has 0 spiro atoms. The van der Waals surface area contributed by atoms with Crippen molar-refractivity contribution in [1.29, 1.82) is 0 Å². The molecule has 1 fully saturated rings. The molecule has 0 saturated carbocycles. The molecule has 2 N–H and O–H groups in total. The third-order valence-corrected chi connectivity index (χ3v) is 8.23. The lowest BCUT2D eigenvalue weighted by Crippen LogP contribution is -2.48. The fourth-order valence-electron chi connectivity index (χ4n) is 4.80. The van der Waals surface area contributed by atoms with Crippen molar-refractivity contribution in [3.05, 3.63) is 59.5 Å². The summed E-state index contributed by atoms with van der Waals surface area (Å²) in [6, 6.07) is 9.22. The molecule has 0 radical (unpaired) electrons. The molecule has 4 rings (SSSR count). The topological polar surface area (TPSA) is 87.6 Å². The number of halogens is 2. The van der Waals surface area contributed by atoms with E-state index in [9.17, 15) is 10.0 Å². The van der Waals surface area contributed by atoms with E-state index in [1.54, 1.807) is 43.3 Å². The van der Waals surface area contributed by atoms with Gasteiger partial charge in [-0.2, -0.15) is 0 Å². The molecule has 1 aliphatic rings. The van der Waals surface area contributed by atoms with E-state index in [-0.39, 0.29) is 11.4 Å². The minimum absolute atomic E-state index is 0.0975. The van der Waals surface area contributed by atoms with Crippen LogP contribution in [0.1, 0.15) is 37.4 Å². The number of nitrogens with zero attached hydrogens (tertiary/aromatic N) is 3. The Morgan fingerprint density at radius 1 is 1.33 bits per heavy atom. The van der Waals surface area contributed by atoms with Crippen LogP contribution in [-0.4, -0.2) is 58.5 Å². The van der Waals surface area contributed by atoms with Crippen LogP contribution in [0.2, 0.25) is 5.02 Å². The summed E-state index contributed by atoms with van der Waals surface area (Å²) in [5.74, 6) is 1.05. The molecule has 1 aromatic carbocycles. The molecule has 7 nitrogen and oxygen atoms in total. The molecule has 1 amide bonds. The number of rotatable bonds is 10. The highest BCUT2D eigenvalue weighted by atomic mass is 35.5. The fraction of sp³-hybridized carbons (Fsp3) is 0.423. The zero-order chi connectivity index (χ0) is 25.5. The lowest BCUT2D eigenvalue weighted by molar-refractivity contribution is -0.143. The number of hydroxylamine groups is 1. The maximum absolute atomic E-state index is 15.7. The Hall–Kier alpha value is -2.46. The Bertz CT molecular complexity index is 1180. The Morgan fingerprint density at radius 2 is 2.14 bits per heavy atom. The van der Waals surface area contributed by atoms with Crippen LogP contribution in [0.3, 0.4) is 0 Å². The van der Waals surface area contributed by atoms with E-state index in [1.165, 1.54) is 6.20 Å².